The molecule has 28 valence electrons. The quantitative estimate of drug-likeness (QED) is 0.418. The summed E-state index contributed by atoms with van der Waals surface area (Å²) in [5.74, 6) is 0. The molecule has 4 heteroatoms. The number of hydrogen-bond donors (Lipinski definition) is 0. The average molecular weight is 261 g/mol. The summed E-state index contributed by atoms with van der Waals surface area (Å²) in [4.78, 5) is 0. The van der Waals surface area contributed by atoms with Crippen molar-refractivity contribution in [3.63, 3.8) is 0 Å². The van der Waals surface area contributed by atoms with E-state index in [-0.39, 0.29) is 75.7 Å². The van der Waals surface area contributed by atoms with Crippen LogP contribution in [0.5, 0.6) is 0 Å². The summed E-state index contributed by atoms with van der Waals surface area (Å²) in [5, 5.41) is 0. The molecule has 0 aromatic rings. The fraction of sp³-hybridized carbons (Fsp3) is 0. The van der Waals surface area contributed by atoms with Gasteiger partial charge in [-0.25, -0.2) is 0 Å². The third kappa shape index (κ3) is 8.83. The van der Waals surface area contributed by atoms with Crippen LogP contribution >= 0.6 is 0 Å². The SMILES string of the molecule is [AlH3].[Cr].[Fe].[SnH4]. The summed E-state index contributed by atoms with van der Waals surface area (Å²) >= 11 is 0. The van der Waals surface area contributed by atoms with E-state index in [2.05, 4.69) is 0 Å². The Labute approximate surface area is 74.8 Å². The number of hydrogen-bond acceptors (Lipinski definition) is 0. The molecule has 0 radical (unpaired) electrons. The Bertz CT molecular complexity index is 8.00. The van der Waals surface area contributed by atoms with Crippen molar-refractivity contribution in [1.82, 2.24) is 0 Å². The first-order valence-corrected chi connectivity index (χ1v) is 0. The molecule has 0 rings (SSSR count). The molecule has 0 unspecified atom stereocenters. The minimum atomic E-state index is 0. The molecule has 0 amide bonds. The fourth-order valence-corrected chi connectivity index (χ4v) is 0. The van der Waals surface area contributed by atoms with E-state index in [1.807, 2.05) is 0 Å². The summed E-state index contributed by atoms with van der Waals surface area (Å²) < 4.78 is 0. The molecule has 0 N–H and O–H groups in total. The molecule has 4 heavy (non-hydrogen) atoms. The van der Waals surface area contributed by atoms with Gasteiger partial charge in [-0.15, -0.1) is 0 Å². The van der Waals surface area contributed by atoms with Gasteiger partial charge in [0, 0.05) is 34.4 Å². The molecule has 0 saturated carbocycles. The summed E-state index contributed by atoms with van der Waals surface area (Å²) in [5.41, 5.74) is 0. The molecule has 0 aromatic carbocycles. The zero-order valence-corrected chi connectivity index (χ0v) is 3.14. The molecule has 0 saturated heterocycles. The molecule has 0 aliphatic rings. The topological polar surface area (TPSA) is 0 Å². The van der Waals surface area contributed by atoms with Gasteiger partial charge in [0.25, 0.3) is 0 Å². The summed E-state index contributed by atoms with van der Waals surface area (Å²) in [6.45, 7) is 0. The van der Waals surface area contributed by atoms with Crippen molar-refractivity contribution in [1.29, 1.82) is 0 Å². The van der Waals surface area contributed by atoms with Gasteiger partial charge in [0.05, 0.1) is 0 Å². The molecule has 0 aromatic heterocycles. The van der Waals surface area contributed by atoms with Crippen molar-refractivity contribution in [2.45, 2.75) is 0 Å². The van der Waals surface area contributed by atoms with Crippen LogP contribution in [0, 0.1) is 0 Å². The number of rotatable bonds is 0. The Morgan fingerprint density at radius 1 is 1.00 bits per heavy atom. The van der Waals surface area contributed by atoms with E-state index >= 15 is 0 Å². The summed E-state index contributed by atoms with van der Waals surface area (Å²) in [6, 6.07) is 0. The van der Waals surface area contributed by atoms with Gasteiger partial charge in [-0.3, -0.25) is 0 Å². The van der Waals surface area contributed by atoms with E-state index < -0.39 is 0 Å². The molecule has 0 spiro atoms. The third-order valence-corrected chi connectivity index (χ3v) is 0. The Morgan fingerprint density at radius 3 is 1.00 bits per heavy atom. The van der Waals surface area contributed by atoms with Gasteiger partial charge in [-0.05, 0) is 0 Å². The zero-order valence-electron chi connectivity index (χ0n) is 0.762. The fourth-order valence-electron chi connectivity index (χ4n) is 0. The van der Waals surface area contributed by atoms with E-state index in [0.717, 1.165) is 0 Å². The average Bonchev–Trinajstić information content (AvgIpc) is 0. The first-order chi connectivity index (χ1) is 0. The standard InChI is InChI=1S/Al.Cr.Fe.Sn.7H. The van der Waals surface area contributed by atoms with Gasteiger partial charge in [-0.1, -0.05) is 0 Å². The molecule has 0 bridgehead atoms. The first-order valence-electron chi connectivity index (χ1n) is 0. The van der Waals surface area contributed by atoms with Gasteiger partial charge >= 0.3 is 23.9 Å². The van der Waals surface area contributed by atoms with Gasteiger partial charge in [0.1, 0.15) is 0 Å². The van der Waals surface area contributed by atoms with Gasteiger partial charge in [0.2, 0.25) is 0 Å². The monoisotopic (exact) mass is 262 g/mol. The van der Waals surface area contributed by atoms with Crippen molar-refractivity contribution in [2.24, 2.45) is 0 Å². The van der Waals surface area contributed by atoms with Gasteiger partial charge in [0.15, 0.2) is 17.4 Å². The zero-order chi connectivity index (χ0) is 0. The Morgan fingerprint density at radius 2 is 1.00 bits per heavy atom. The van der Waals surface area contributed by atoms with Gasteiger partial charge in [-0.2, -0.15) is 0 Å². The molecule has 0 fully saturated rings. The second-order valence-corrected chi connectivity index (χ2v) is 0. The Kier molecular flexibility index (Phi) is 148. The van der Waals surface area contributed by atoms with E-state index in [1.54, 1.807) is 0 Å². The predicted molar refractivity (Wildman–Crippen MR) is 21.3 cm³/mol. The van der Waals surface area contributed by atoms with Gasteiger partial charge < -0.3 is 0 Å². The Balaban J connectivity index is 0. The van der Waals surface area contributed by atoms with E-state index in [9.17, 15) is 0 Å². The summed E-state index contributed by atoms with van der Waals surface area (Å²) in [7, 11) is 0. The van der Waals surface area contributed by atoms with Crippen LogP contribution in [0.2, 0.25) is 0 Å². The molecule has 0 heterocycles. The summed E-state index contributed by atoms with van der Waals surface area (Å²) in [6.07, 6.45) is 0. The normalized spacial score (nSPS) is 0. The molecule has 0 nitrogen and oxygen atoms in total. The molecule has 0 aliphatic heterocycles. The maximum absolute atomic E-state index is 0. The van der Waals surface area contributed by atoms with E-state index in [4.69, 9.17) is 0 Å². The maximum atomic E-state index is 0. The van der Waals surface area contributed by atoms with Crippen LogP contribution in [0.3, 0.4) is 0 Å². The van der Waals surface area contributed by atoms with Crippen LogP contribution < -0.4 is 0 Å². The Hall–Kier alpha value is 2.38. The van der Waals surface area contributed by atoms with Crippen LogP contribution in [0.1, 0.15) is 0 Å². The second-order valence-electron chi connectivity index (χ2n) is 0. The third-order valence-electron chi connectivity index (χ3n) is 0. The molecule has 0 atom stereocenters. The van der Waals surface area contributed by atoms with Crippen molar-refractivity contribution in [3.8, 4) is 0 Å². The van der Waals surface area contributed by atoms with E-state index in [1.165, 1.54) is 0 Å². The second kappa shape index (κ2) is 18.2. The van der Waals surface area contributed by atoms with Crippen LogP contribution in [0.25, 0.3) is 0 Å². The molecular formula is H7AlCrFeSn. The van der Waals surface area contributed by atoms with Crippen LogP contribution in [0.15, 0.2) is 0 Å². The van der Waals surface area contributed by atoms with Crippen molar-refractivity contribution in [3.05, 3.63) is 0 Å². The van der Waals surface area contributed by atoms with Crippen molar-refractivity contribution < 1.29 is 34.4 Å². The van der Waals surface area contributed by atoms with Crippen LogP contribution in [-0.2, 0) is 34.4 Å². The molecule has 0 aliphatic carbocycles. The first kappa shape index (κ1) is 32.6. The minimum absolute atomic E-state index is 0. The van der Waals surface area contributed by atoms with Crippen LogP contribution in [0.4, 0.5) is 0 Å². The molecular weight excluding hydrogens is 254 g/mol. The van der Waals surface area contributed by atoms with Crippen molar-refractivity contribution >= 4 is 41.3 Å². The van der Waals surface area contributed by atoms with Crippen LogP contribution in [-0.4, -0.2) is 41.3 Å². The van der Waals surface area contributed by atoms with E-state index in [0.29, 0.717) is 0 Å². The predicted octanol–water partition coefficient (Wildman–Crippen LogP) is -2.64. The van der Waals surface area contributed by atoms with Crippen molar-refractivity contribution in [2.75, 3.05) is 0 Å².